The molecule has 0 atom stereocenters. The number of quaternary nitrogens is 2. The van der Waals surface area contributed by atoms with Crippen LogP contribution in [0, 0.1) is 0 Å². The van der Waals surface area contributed by atoms with Crippen molar-refractivity contribution in [2.24, 2.45) is 0 Å². The topological polar surface area (TPSA) is 64.7 Å². The highest BCUT2D eigenvalue weighted by Crippen LogP contribution is 2.23. The van der Waals surface area contributed by atoms with Gasteiger partial charge in [0.15, 0.2) is 0 Å². The lowest BCUT2D eigenvalue weighted by Crippen LogP contribution is -2.74. The van der Waals surface area contributed by atoms with Crippen LogP contribution in [0.3, 0.4) is 0 Å². The molecular formula is C18H34Cl2N6O2+2. The minimum Gasteiger partial charge on any atom is -0.312 e. The number of hydrogen-bond acceptors (Lipinski definition) is 4. The summed E-state index contributed by atoms with van der Waals surface area (Å²) < 4.78 is 2.36. The molecule has 3 rings (SSSR count). The normalized spacial score (nSPS) is 24.9. The van der Waals surface area contributed by atoms with Crippen molar-refractivity contribution in [1.82, 2.24) is 20.9 Å². The molecule has 0 aromatic rings. The molecule has 3 fully saturated rings. The molecule has 0 aliphatic carbocycles. The molecule has 3 heterocycles. The highest BCUT2D eigenvalue weighted by molar-refractivity contribution is 6.19. The fourth-order valence-corrected chi connectivity index (χ4v) is 4.95. The van der Waals surface area contributed by atoms with Gasteiger partial charge in [0.2, 0.25) is 11.8 Å². The molecule has 0 radical (unpaired) electrons. The van der Waals surface area contributed by atoms with Crippen molar-refractivity contribution in [3.8, 4) is 0 Å². The Morgan fingerprint density at radius 2 is 0.964 bits per heavy atom. The van der Waals surface area contributed by atoms with Gasteiger partial charge < -0.3 is 8.97 Å². The summed E-state index contributed by atoms with van der Waals surface area (Å²) in [5.41, 5.74) is 5.95. The van der Waals surface area contributed by atoms with Gasteiger partial charge in [-0.2, -0.15) is 0 Å². The van der Waals surface area contributed by atoms with Crippen LogP contribution < -0.4 is 10.9 Å². The maximum absolute atomic E-state index is 11.7. The second-order valence-electron chi connectivity index (χ2n) is 8.39. The van der Waals surface area contributed by atoms with E-state index in [1.165, 1.54) is 35.1 Å². The van der Waals surface area contributed by atoms with Gasteiger partial charge in [-0.1, -0.05) is 0 Å². The van der Waals surface area contributed by atoms with E-state index >= 15 is 0 Å². The van der Waals surface area contributed by atoms with Gasteiger partial charge in [0.05, 0.1) is 52.4 Å². The van der Waals surface area contributed by atoms with Crippen molar-refractivity contribution < 1.29 is 18.6 Å². The van der Waals surface area contributed by atoms with Gasteiger partial charge in [-0.25, -0.2) is 10.0 Å². The van der Waals surface area contributed by atoms with Gasteiger partial charge in [0.1, 0.15) is 26.2 Å². The number of rotatable bonds is 6. The number of halogens is 2. The summed E-state index contributed by atoms with van der Waals surface area (Å²) in [5.74, 6) is 0.770. The molecule has 10 heteroatoms. The maximum Gasteiger partial charge on any atom is 0.235 e. The highest BCUT2D eigenvalue weighted by atomic mass is 35.5. The summed E-state index contributed by atoms with van der Waals surface area (Å²) in [6.45, 7) is 12.9. The van der Waals surface area contributed by atoms with Gasteiger partial charge >= 0.3 is 0 Å². The fraction of sp³-hybridized carbons (Fsp3) is 0.889. The first-order valence-corrected chi connectivity index (χ1v) is 11.5. The van der Waals surface area contributed by atoms with Gasteiger partial charge in [-0.05, 0) is 0 Å². The average Bonchev–Trinajstić information content (AvgIpc) is 2.69. The molecule has 0 saturated carbocycles. The van der Waals surface area contributed by atoms with Crippen molar-refractivity contribution in [2.45, 2.75) is 12.8 Å². The molecule has 3 aliphatic heterocycles. The number of alkyl halides is 2. The SMILES string of the molecule is O=C(CCCl)NN1CC[N+]2(CC1)CC[N+]1(CCN(NC(=O)CCCl)CC1)CC2. The van der Waals surface area contributed by atoms with E-state index in [1.807, 2.05) is 0 Å². The third kappa shape index (κ3) is 5.70. The Bertz CT molecular complexity index is 488. The van der Waals surface area contributed by atoms with E-state index in [1.54, 1.807) is 0 Å². The summed E-state index contributed by atoms with van der Waals surface area (Å²) >= 11 is 11.3. The largest absolute Gasteiger partial charge is 0.312 e. The van der Waals surface area contributed by atoms with Crippen LogP contribution in [0.15, 0.2) is 0 Å². The number of piperazine rings is 3. The van der Waals surface area contributed by atoms with E-state index in [2.05, 4.69) is 20.9 Å². The van der Waals surface area contributed by atoms with E-state index < -0.39 is 0 Å². The van der Waals surface area contributed by atoms with Crippen LogP contribution in [0.1, 0.15) is 12.8 Å². The van der Waals surface area contributed by atoms with Crippen LogP contribution in [0.2, 0.25) is 0 Å². The Hall–Kier alpha value is -0.640. The number of carbonyl (C=O) groups excluding carboxylic acids is 2. The zero-order valence-corrected chi connectivity index (χ0v) is 18.2. The quantitative estimate of drug-likeness (QED) is 0.438. The van der Waals surface area contributed by atoms with Crippen LogP contribution >= 0.6 is 23.2 Å². The van der Waals surface area contributed by atoms with Crippen LogP contribution in [-0.4, -0.2) is 121 Å². The smallest absolute Gasteiger partial charge is 0.235 e. The van der Waals surface area contributed by atoms with Crippen molar-refractivity contribution in [1.29, 1.82) is 0 Å². The minimum absolute atomic E-state index is 0.0163. The predicted molar refractivity (Wildman–Crippen MR) is 110 cm³/mol. The van der Waals surface area contributed by atoms with Gasteiger partial charge in [-0.3, -0.25) is 20.4 Å². The number of nitrogens with zero attached hydrogens (tertiary/aromatic N) is 4. The zero-order chi connectivity index (χ0) is 20.0. The highest BCUT2D eigenvalue weighted by Gasteiger charge is 2.45. The van der Waals surface area contributed by atoms with Crippen LogP contribution in [0.25, 0.3) is 0 Å². The average molecular weight is 437 g/mol. The van der Waals surface area contributed by atoms with Crippen molar-refractivity contribution in [2.75, 3.05) is 90.3 Å². The third-order valence-corrected chi connectivity index (χ3v) is 7.06. The number of carbonyl (C=O) groups is 2. The molecule has 2 N–H and O–H groups in total. The van der Waals surface area contributed by atoms with Crippen LogP contribution in [-0.2, 0) is 9.59 Å². The van der Waals surface area contributed by atoms with Gasteiger partial charge in [0, 0.05) is 24.6 Å². The van der Waals surface area contributed by atoms with Gasteiger partial charge in [-0.15, -0.1) is 23.2 Å². The molecule has 3 saturated heterocycles. The molecule has 0 aromatic carbocycles. The number of hydrazine groups is 2. The monoisotopic (exact) mass is 436 g/mol. The Kier molecular flexibility index (Phi) is 7.81. The van der Waals surface area contributed by atoms with E-state index in [0.29, 0.717) is 24.6 Å². The third-order valence-electron chi connectivity index (χ3n) is 6.68. The first-order chi connectivity index (χ1) is 13.5. The summed E-state index contributed by atoms with van der Waals surface area (Å²) in [5, 5.41) is 4.11. The first kappa shape index (κ1) is 22.1. The second kappa shape index (κ2) is 9.91. The van der Waals surface area contributed by atoms with Crippen molar-refractivity contribution >= 4 is 35.0 Å². The minimum atomic E-state index is 0.0163. The fourth-order valence-electron chi connectivity index (χ4n) is 4.60. The maximum atomic E-state index is 11.7. The lowest BCUT2D eigenvalue weighted by molar-refractivity contribution is -1.03. The molecule has 0 aromatic heterocycles. The molecule has 0 unspecified atom stereocenters. The molecule has 0 bridgehead atoms. The molecule has 160 valence electrons. The second-order valence-corrected chi connectivity index (χ2v) is 9.15. The van der Waals surface area contributed by atoms with Crippen molar-refractivity contribution in [3.05, 3.63) is 0 Å². The Labute approximate surface area is 177 Å². The van der Waals surface area contributed by atoms with Crippen LogP contribution in [0.4, 0.5) is 0 Å². The number of amides is 2. The molecule has 2 spiro atoms. The van der Waals surface area contributed by atoms with E-state index in [9.17, 15) is 9.59 Å². The van der Waals surface area contributed by atoms with Crippen LogP contribution in [0.5, 0.6) is 0 Å². The molecule has 28 heavy (non-hydrogen) atoms. The standard InChI is InChI=1S/C18H32Cl2N6O2/c19-3-1-17(27)21-23-5-9-25(10-6-23)13-15-26(16-14-25)11-7-24(8-12-26)22-18(28)2-4-20/h1-16H2/p+2. The Morgan fingerprint density at radius 3 is 1.25 bits per heavy atom. The molecular weight excluding hydrogens is 403 g/mol. The lowest BCUT2D eigenvalue weighted by Gasteiger charge is -2.54. The molecule has 8 nitrogen and oxygen atoms in total. The van der Waals surface area contributed by atoms with E-state index in [0.717, 1.165) is 52.4 Å². The summed E-state index contributed by atoms with van der Waals surface area (Å²) in [7, 11) is 0. The summed E-state index contributed by atoms with van der Waals surface area (Å²) in [4.78, 5) is 23.5. The lowest BCUT2D eigenvalue weighted by atomic mass is 10.1. The predicted octanol–water partition coefficient (Wildman–Crippen LogP) is -0.415. The van der Waals surface area contributed by atoms with E-state index in [4.69, 9.17) is 23.2 Å². The molecule has 2 amide bonds. The molecule has 3 aliphatic rings. The van der Waals surface area contributed by atoms with Crippen molar-refractivity contribution in [3.63, 3.8) is 0 Å². The Balaban J connectivity index is 1.40. The number of nitrogens with one attached hydrogen (secondary N) is 2. The Morgan fingerprint density at radius 1 is 0.643 bits per heavy atom. The summed E-state index contributed by atoms with van der Waals surface area (Å²) in [6.07, 6.45) is 0.753. The number of hydrogen-bond donors (Lipinski definition) is 2. The van der Waals surface area contributed by atoms with E-state index in [-0.39, 0.29) is 11.8 Å². The summed E-state index contributed by atoms with van der Waals surface area (Å²) in [6, 6.07) is 0. The zero-order valence-electron chi connectivity index (χ0n) is 16.7. The first-order valence-electron chi connectivity index (χ1n) is 10.4. The van der Waals surface area contributed by atoms with Gasteiger partial charge in [0.25, 0.3) is 0 Å².